The van der Waals surface area contributed by atoms with Gasteiger partial charge in [0.15, 0.2) is 0 Å². The van der Waals surface area contributed by atoms with Gasteiger partial charge in [0.1, 0.15) is 23.8 Å². The number of fused-ring (bicyclic) bond motifs is 2. The van der Waals surface area contributed by atoms with Gasteiger partial charge in [0.05, 0.1) is 5.56 Å². The lowest BCUT2D eigenvalue weighted by molar-refractivity contribution is 0.0468. The normalized spacial score (nSPS) is 13.0. The molecule has 0 atom stereocenters. The molecule has 1 aliphatic rings. The van der Waals surface area contributed by atoms with Gasteiger partial charge in [-0.3, -0.25) is 0 Å². The van der Waals surface area contributed by atoms with Crippen LogP contribution >= 0.6 is 0 Å². The zero-order chi connectivity index (χ0) is 18.3. The summed E-state index contributed by atoms with van der Waals surface area (Å²) in [6, 6.07) is 7.68. The molecule has 0 N–H and O–H groups in total. The van der Waals surface area contributed by atoms with Crippen molar-refractivity contribution in [1.82, 2.24) is 0 Å². The predicted octanol–water partition coefficient (Wildman–Crippen LogP) is 3.92. The van der Waals surface area contributed by atoms with Crippen LogP contribution in [0.15, 0.2) is 45.6 Å². The van der Waals surface area contributed by atoms with Crippen molar-refractivity contribution in [2.24, 2.45) is 0 Å². The van der Waals surface area contributed by atoms with Gasteiger partial charge >= 0.3 is 11.6 Å². The van der Waals surface area contributed by atoms with Gasteiger partial charge in [-0.05, 0) is 54.7 Å². The van der Waals surface area contributed by atoms with E-state index < -0.39 is 23.2 Å². The number of rotatable bonds is 3. The minimum Gasteiger partial charge on any atom is -0.457 e. The summed E-state index contributed by atoms with van der Waals surface area (Å²) in [5, 5.41) is 0.692. The Balaban J connectivity index is 1.64. The largest absolute Gasteiger partial charge is 0.457 e. The van der Waals surface area contributed by atoms with E-state index in [2.05, 4.69) is 0 Å². The van der Waals surface area contributed by atoms with Crippen molar-refractivity contribution in [3.05, 3.63) is 80.7 Å². The number of hydrogen-bond acceptors (Lipinski definition) is 4. The molecule has 0 saturated heterocycles. The first-order chi connectivity index (χ1) is 12.5. The molecule has 26 heavy (non-hydrogen) atoms. The van der Waals surface area contributed by atoms with Gasteiger partial charge in [0.2, 0.25) is 0 Å². The van der Waals surface area contributed by atoms with E-state index in [1.54, 1.807) is 0 Å². The summed E-state index contributed by atoms with van der Waals surface area (Å²) < 4.78 is 37.0. The maximum atomic E-state index is 13.7. The van der Waals surface area contributed by atoms with Crippen LogP contribution in [0, 0.1) is 11.6 Å². The lowest BCUT2D eigenvalue weighted by Gasteiger charge is -2.09. The first-order valence-electron chi connectivity index (χ1n) is 8.22. The Morgan fingerprint density at radius 2 is 1.85 bits per heavy atom. The molecule has 4 nitrogen and oxygen atoms in total. The van der Waals surface area contributed by atoms with Crippen molar-refractivity contribution in [1.29, 1.82) is 0 Å². The van der Waals surface area contributed by atoms with Crippen molar-refractivity contribution >= 4 is 16.9 Å². The van der Waals surface area contributed by atoms with E-state index in [4.69, 9.17) is 9.15 Å². The molecule has 3 aromatic rings. The van der Waals surface area contributed by atoms with Crippen LogP contribution in [0.4, 0.5) is 8.78 Å². The third kappa shape index (κ3) is 2.98. The smallest absolute Gasteiger partial charge is 0.341 e. The van der Waals surface area contributed by atoms with Gasteiger partial charge < -0.3 is 9.15 Å². The average Bonchev–Trinajstić information content (AvgIpc) is 3.04. The Morgan fingerprint density at radius 1 is 1.08 bits per heavy atom. The van der Waals surface area contributed by atoms with Gasteiger partial charge in [0, 0.05) is 23.1 Å². The van der Waals surface area contributed by atoms with Crippen LogP contribution in [0.2, 0.25) is 0 Å². The molecule has 0 radical (unpaired) electrons. The minimum absolute atomic E-state index is 0.212. The quantitative estimate of drug-likeness (QED) is 0.527. The number of carbonyl (C=O) groups excluding carboxylic acids is 1. The number of benzene rings is 2. The fourth-order valence-corrected chi connectivity index (χ4v) is 3.29. The predicted molar refractivity (Wildman–Crippen MR) is 90.0 cm³/mol. The van der Waals surface area contributed by atoms with Crippen LogP contribution < -0.4 is 5.63 Å². The first-order valence-corrected chi connectivity index (χ1v) is 8.22. The third-order valence-electron chi connectivity index (χ3n) is 4.55. The maximum Gasteiger partial charge on any atom is 0.341 e. The van der Waals surface area contributed by atoms with Gasteiger partial charge in [-0.25, -0.2) is 18.4 Å². The maximum absolute atomic E-state index is 13.7. The van der Waals surface area contributed by atoms with E-state index >= 15 is 0 Å². The molecule has 2 aromatic carbocycles. The van der Waals surface area contributed by atoms with E-state index in [1.165, 1.54) is 11.6 Å². The summed E-state index contributed by atoms with van der Waals surface area (Å²) in [7, 11) is 0. The molecule has 0 fully saturated rings. The lowest BCUT2D eigenvalue weighted by Crippen LogP contribution is -2.10. The van der Waals surface area contributed by atoms with Crippen LogP contribution in [0.5, 0.6) is 0 Å². The molecule has 1 aliphatic carbocycles. The molecule has 0 bridgehead atoms. The van der Waals surface area contributed by atoms with Crippen molar-refractivity contribution in [2.45, 2.75) is 25.9 Å². The Bertz CT molecular complexity index is 1090. The van der Waals surface area contributed by atoms with Gasteiger partial charge in [-0.2, -0.15) is 0 Å². The molecule has 6 heteroatoms. The molecule has 132 valence electrons. The van der Waals surface area contributed by atoms with E-state index in [0.717, 1.165) is 37.0 Å². The average molecular weight is 356 g/mol. The highest BCUT2D eigenvalue weighted by atomic mass is 19.1. The fraction of sp³-hybridized carbons (Fsp3) is 0.200. The van der Waals surface area contributed by atoms with Gasteiger partial charge in [-0.1, -0.05) is 0 Å². The molecular weight excluding hydrogens is 342 g/mol. The lowest BCUT2D eigenvalue weighted by atomic mass is 10.0. The Kier molecular flexibility index (Phi) is 4.03. The van der Waals surface area contributed by atoms with Gasteiger partial charge in [0.25, 0.3) is 0 Å². The number of carbonyl (C=O) groups is 1. The monoisotopic (exact) mass is 356 g/mol. The van der Waals surface area contributed by atoms with Crippen LogP contribution in [0.1, 0.15) is 33.5 Å². The zero-order valence-electron chi connectivity index (χ0n) is 13.7. The van der Waals surface area contributed by atoms with Crippen LogP contribution in [-0.4, -0.2) is 5.97 Å². The highest BCUT2D eigenvalue weighted by Gasteiger charge is 2.18. The van der Waals surface area contributed by atoms with Crippen LogP contribution in [-0.2, 0) is 24.2 Å². The zero-order valence-corrected chi connectivity index (χ0v) is 13.7. The Hall–Kier alpha value is -3.02. The summed E-state index contributed by atoms with van der Waals surface area (Å²) >= 11 is 0. The standard InChI is InChI=1S/C20H14F2O4/c21-14-4-5-15(17(22)9-14)20(24)25-10-13-8-19(23)26-18-7-12-3-1-2-11(12)6-16(13)18/h4-9H,1-3,10H2. The van der Waals surface area contributed by atoms with Crippen molar-refractivity contribution in [3.63, 3.8) is 0 Å². The van der Waals surface area contributed by atoms with E-state index in [-0.39, 0.29) is 12.2 Å². The number of hydrogen-bond donors (Lipinski definition) is 0. The van der Waals surface area contributed by atoms with E-state index in [1.807, 2.05) is 12.1 Å². The first kappa shape index (κ1) is 16.4. The highest BCUT2D eigenvalue weighted by Crippen LogP contribution is 2.29. The third-order valence-corrected chi connectivity index (χ3v) is 4.55. The van der Waals surface area contributed by atoms with Crippen LogP contribution in [0.25, 0.3) is 11.0 Å². The molecule has 1 heterocycles. The summed E-state index contributed by atoms with van der Waals surface area (Å²) in [4.78, 5) is 23.9. The summed E-state index contributed by atoms with van der Waals surface area (Å²) in [5.74, 6) is -2.70. The van der Waals surface area contributed by atoms with Crippen molar-refractivity contribution in [2.75, 3.05) is 0 Å². The second kappa shape index (κ2) is 6.37. The number of aryl methyl sites for hydroxylation is 2. The molecule has 1 aromatic heterocycles. The number of esters is 1. The molecule has 0 aliphatic heterocycles. The summed E-state index contributed by atoms with van der Waals surface area (Å²) in [6.07, 6.45) is 2.94. The molecule has 0 spiro atoms. The molecule has 0 amide bonds. The second-order valence-corrected chi connectivity index (χ2v) is 6.26. The van der Waals surface area contributed by atoms with Crippen molar-refractivity contribution in [3.8, 4) is 0 Å². The summed E-state index contributed by atoms with van der Waals surface area (Å²) in [6.45, 7) is -0.212. The molecule has 4 rings (SSSR count). The van der Waals surface area contributed by atoms with Crippen LogP contribution in [0.3, 0.4) is 0 Å². The number of ether oxygens (including phenoxy) is 1. The Labute approximate surface area is 147 Å². The SMILES string of the molecule is O=C(OCc1cc(=O)oc2cc3c(cc12)CCC3)c1ccc(F)cc1F. The van der Waals surface area contributed by atoms with E-state index in [9.17, 15) is 18.4 Å². The molecule has 0 unspecified atom stereocenters. The minimum atomic E-state index is -0.995. The number of halogens is 2. The highest BCUT2D eigenvalue weighted by molar-refractivity contribution is 5.90. The fourth-order valence-electron chi connectivity index (χ4n) is 3.29. The second-order valence-electron chi connectivity index (χ2n) is 6.26. The Morgan fingerprint density at radius 3 is 2.62 bits per heavy atom. The van der Waals surface area contributed by atoms with E-state index in [0.29, 0.717) is 22.6 Å². The molecular formula is C20H14F2O4. The topological polar surface area (TPSA) is 56.5 Å². The summed E-state index contributed by atoms with van der Waals surface area (Å²) in [5.41, 5.74) is 2.36. The van der Waals surface area contributed by atoms with Gasteiger partial charge in [-0.15, -0.1) is 0 Å². The van der Waals surface area contributed by atoms with Crippen molar-refractivity contribution < 1.29 is 22.7 Å². The molecule has 0 saturated carbocycles.